The highest BCUT2D eigenvalue weighted by Gasteiger charge is 2.22. The molecule has 0 saturated carbocycles. The molecule has 2 unspecified atom stereocenters. The molecule has 0 saturated heterocycles. The van der Waals surface area contributed by atoms with Crippen molar-refractivity contribution in [3.8, 4) is 0 Å². The molecule has 0 bridgehead atoms. The number of aliphatic hydroxyl groups is 1. The normalized spacial score (nSPS) is 16.6. The molecule has 0 spiro atoms. The Morgan fingerprint density at radius 1 is 1.62 bits per heavy atom. The quantitative estimate of drug-likeness (QED) is 0.592. The second-order valence-electron chi connectivity index (χ2n) is 4.40. The van der Waals surface area contributed by atoms with Crippen molar-refractivity contribution in [2.45, 2.75) is 44.8 Å². The molecule has 0 aliphatic carbocycles. The van der Waals surface area contributed by atoms with Crippen molar-refractivity contribution in [3.05, 3.63) is 0 Å². The molecule has 0 aliphatic rings. The first-order valence-electron chi connectivity index (χ1n) is 5.67. The van der Waals surface area contributed by atoms with E-state index < -0.39 is 11.6 Å². The smallest absolute Gasteiger partial charge is 0.237 e. The summed E-state index contributed by atoms with van der Waals surface area (Å²) in [6.45, 7) is 4.03. The Bertz CT molecular complexity index is 210. The second-order valence-corrected chi connectivity index (χ2v) is 5.26. The van der Waals surface area contributed by atoms with Gasteiger partial charge in [0.2, 0.25) is 5.91 Å². The molecule has 96 valence electrons. The van der Waals surface area contributed by atoms with E-state index in [2.05, 4.69) is 12.2 Å². The summed E-state index contributed by atoms with van der Waals surface area (Å²) in [6, 6.07) is -0.454. The van der Waals surface area contributed by atoms with Crippen molar-refractivity contribution >= 4 is 17.7 Å². The van der Waals surface area contributed by atoms with Gasteiger partial charge in [0.25, 0.3) is 0 Å². The molecule has 5 heteroatoms. The fourth-order valence-electron chi connectivity index (χ4n) is 1.33. The summed E-state index contributed by atoms with van der Waals surface area (Å²) in [4.78, 5) is 11.5. The Balaban J connectivity index is 3.87. The zero-order valence-electron chi connectivity index (χ0n) is 10.5. The van der Waals surface area contributed by atoms with E-state index in [1.165, 1.54) is 0 Å². The van der Waals surface area contributed by atoms with E-state index >= 15 is 0 Å². The van der Waals surface area contributed by atoms with E-state index in [1.54, 1.807) is 18.7 Å². The third-order valence-corrected chi connectivity index (χ3v) is 3.21. The van der Waals surface area contributed by atoms with Gasteiger partial charge in [-0.15, -0.1) is 0 Å². The van der Waals surface area contributed by atoms with E-state index in [0.717, 1.165) is 12.8 Å². The first kappa shape index (κ1) is 15.7. The van der Waals surface area contributed by atoms with Gasteiger partial charge >= 0.3 is 0 Å². The maximum absolute atomic E-state index is 11.5. The number of carbonyl (C=O) groups is 1. The van der Waals surface area contributed by atoms with Gasteiger partial charge in [0.1, 0.15) is 0 Å². The third kappa shape index (κ3) is 7.09. The average molecular weight is 248 g/mol. The van der Waals surface area contributed by atoms with Crippen LogP contribution < -0.4 is 11.1 Å². The lowest BCUT2D eigenvalue weighted by atomic mass is 10.1. The number of amides is 1. The lowest BCUT2D eigenvalue weighted by Crippen LogP contribution is -2.48. The van der Waals surface area contributed by atoms with E-state index in [0.29, 0.717) is 12.2 Å². The molecule has 0 aromatic rings. The highest BCUT2D eigenvalue weighted by Crippen LogP contribution is 2.09. The zero-order chi connectivity index (χ0) is 12.6. The summed E-state index contributed by atoms with van der Waals surface area (Å²) in [6.07, 6.45) is 4.61. The summed E-state index contributed by atoms with van der Waals surface area (Å²) in [7, 11) is 0. The third-order valence-electron chi connectivity index (χ3n) is 2.30. The van der Waals surface area contributed by atoms with Crippen molar-refractivity contribution in [1.82, 2.24) is 5.32 Å². The molecule has 1 amide bonds. The minimum Gasteiger partial charge on any atom is -0.387 e. The second kappa shape index (κ2) is 7.92. The number of unbranched alkanes of at least 4 members (excludes halogenated alkanes) is 1. The number of thioether (sulfide) groups is 1. The SMILES string of the molecule is CCCCC(N)C(=O)NCC(C)(O)CSC. The van der Waals surface area contributed by atoms with Crippen LogP contribution in [0.4, 0.5) is 0 Å². The zero-order valence-corrected chi connectivity index (χ0v) is 11.3. The van der Waals surface area contributed by atoms with Gasteiger partial charge in [-0.05, 0) is 19.6 Å². The van der Waals surface area contributed by atoms with Gasteiger partial charge in [0, 0.05) is 12.3 Å². The molecule has 4 N–H and O–H groups in total. The lowest BCUT2D eigenvalue weighted by Gasteiger charge is -2.23. The predicted molar refractivity (Wildman–Crippen MR) is 69.5 cm³/mol. The van der Waals surface area contributed by atoms with E-state index in [1.807, 2.05) is 6.26 Å². The summed E-state index contributed by atoms with van der Waals surface area (Å²) in [5, 5.41) is 12.5. The van der Waals surface area contributed by atoms with Crippen molar-refractivity contribution in [3.63, 3.8) is 0 Å². The first-order valence-corrected chi connectivity index (χ1v) is 7.07. The van der Waals surface area contributed by atoms with Crippen molar-refractivity contribution in [1.29, 1.82) is 0 Å². The first-order chi connectivity index (χ1) is 7.43. The van der Waals surface area contributed by atoms with Gasteiger partial charge < -0.3 is 16.2 Å². The number of hydrogen-bond donors (Lipinski definition) is 3. The van der Waals surface area contributed by atoms with Gasteiger partial charge in [-0.1, -0.05) is 19.8 Å². The number of carbonyl (C=O) groups excluding carboxylic acids is 1. The molecule has 0 radical (unpaired) electrons. The van der Waals surface area contributed by atoms with Crippen LogP contribution in [0.1, 0.15) is 33.1 Å². The Hall–Kier alpha value is -0.260. The Morgan fingerprint density at radius 2 is 2.25 bits per heavy atom. The van der Waals surface area contributed by atoms with Crippen LogP contribution in [0.3, 0.4) is 0 Å². The van der Waals surface area contributed by atoms with Crippen molar-refractivity contribution < 1.29 is 9.90 Å². The molecule has 0 aliphatic heterocycles. The van der Waals surface area contributed by atoms with Crippen LogP contribution in [0.2, 0.25) is 0 Å². The molecular formula is C11H24N2O2S. The predicted octanol–water partition coefficient (Wildman–Crippen LogP) is 0.734. The lowest BCUT2D eigenvalue weighted by molar-refractivity contribution is -0.123. The minimum absolute atomic E-state index is 0.171. The average Bonchev–Trinajstić information content (AvgIpc) is 2.22. The van der Waals surface area contributed by atoms with Crippen LogP contribution in [-0.4, -0.2) is 41.2 Å². The Kier molecular flexibility index (Phi) is 7.80. The summed E-state index contributed by atoms with van der Waals surface area (Å²) >= 11 is 1.55. The fourth-order valence-corrected chi connectivity index (χ4v) is 2.05. The summed E-state index contributed by atoms with van der Waals surface area (Å²) in [5.74, 6) is 0.423. The number of hydrogen-bond acceptors (Lipinski definition) is 4. The van der Waals surface area contributed by atoms with Crippen LogP contribution in [0.25, 0.3) is 0 Å². The van der Waals surface area contributed by atoms with Crippen LogP contribution >= 0.6 is 11.8 Å². The molecule has 0 fully saturated rings. The van der Waals surface area contributed by atoms with Crippen LogP contribution in [-0.2, 0) is 4.79 Å². The maximum atomic E-state index is 11.5. The van der Waals surface area contributed by atoms with Crippen LogP contribution in [0.5, 0.6) is 0 Å². The van der Waals surface area contributed by atoms with E-state index in [-0.39, 0.29) is 12.5 Å². The standard InChI is InChI=1S/C11H24N2O2S/c1-4-5-6-9(12)10(14)13-7-11(2,15)8-16-3/h9,15H,4-8,12H2,1-3H3,(H,13,14). The van der Waals surface area contributed by atoms with Crippen molar-refractivity contribution in [2.75, 3.05) is 18.6 Å². The van der Waals surface area contributed by atoms with Gasteiger partial charge in [0.05, 0.1) is 11.6 Å². The topological polar surface area (TPSA) is 75.4 Å². The molecule has 0 aromatic carbocycles. The molecule has 0 aromatic heterocycles. The number of rotatable bonds is 8. The molecule has 4 nitrogen and oxygen atoms in total. The molecule has 0 rings (SSSR count). The van der Waals surface area contributed by atoms with Gasteiger partial charge in [-0.25, -0.2) is 0 Å². The largest absolute Gasteiger partial charge is 0.387 e. The minimum atomic E-state index is -0.862. The molecular weight excluding hydrogens is 224 g/mol. The van der Waals surface area contributed by atoms with Crippen LogP contribution in [0.15, 0.2) is 0 Å². The van der Waals surface area contributed by atoms with Crippen LogP contribution in [0, 0.1) is 0 Å². The monoisotopic (exact) mass is 248 g/mol. The fraction of sp³-hybridized carbons (Fsp3) is 0.909. The van der Waals surface area contributed by atoms with E-state index in [4.69, 9.17) is 5.73 Å². The highest BCUT2D eigenvalue weighted by atomic mass is 32.2. The van der Waals surface area contributed by atoms with Gasteiger partial charge in [-0.2, -0.15) is 11.8 Å². The maximum Gasteiger partial charge on any atom is 0.237 e. The molecule has 2 atom stereocenters. The number of nitrogens with two attached hydrogens (primary N) is 1. The molecule has 16 heavy (non-hydrogen) atoms. The van der Waals surface area contributed by atoms with Crippen molar-refractivity contribution in [2.24, 2.45) is 5.73 Å². The van der Waals surface area contributed by atoms with E-state index in [9.17, 15) is 9.90 Å². The highest BCUT2D eigenvalue weighted by molar-refractivity contribution is 7.98. The van der Waals surface area contributed by atoms with Gasteiger partial charge in [-0.3, -0.25) is 4.79 Å². The molecule has 0 heterocycles. The summed E-state index contributed by atoms with van der Waals surface area (Å²) < 4.78 is 0. The number of nitrogens with one attached hydrogen (secondary N) is 1. The Labute approximate surface area is 102 Å². The Morgan fingerprint density at radius 3 is 2.75 bits per heavy atom. The summed E-state index contributed by atoms with van der Waals surface area (Å²) in [5.41, 5.74) is 4.85. The van der Waals surface area contributed by atoms with Gasteiger partial charge in [0.15, 0.2) is 0 Å².